The van der Waals surface area contributed by atoms with E-state index in [1.807, 2.05) is 19.9 Å². The predicted octanol–water partition coefficient (Wildman–Crippen LogP) is 2.08. The number of aryl methyl sites for hydroxylation is 1. The monoisotopic (exact) mass is 239 g/mol. The standard InChI is InChI=1S/C11H17N3O3/c1-9(2)4-6-17-7-5-13-10(3)12-8-11(13)14(15)16/h4,8H,5-7H2,1-3H3. The van der Waals surface area contributed by atoms with E-state index in [0.717, 1.165) is 0 Å². The molecule has 0 aromatic carbocycles. The molecule has 0 spiro atoms. The summed E-state index contributed by atoms with van der Waals surface area (Å²) >= 11 is 0. The molecule has 0 radical (unpaired) electrons. The number of imidazole rings is 1. The topological polar surface area (TPSA) is 70.2 Å². The van der Waals surface area contributed by atoms with Crippen LogP contribution in [0.3, 0.4) is 0 Å². The zero-order valence-corrected chi connectivity index (χ0v) is 10.3. The van der Waals surface area contributed by atoms with Gasteiger partial charge in [0.25, 0.3) is 0 Å². The average Bonchev–Trinajstić information content (AvgIpc) is 2.59. The van der Waals surface area contributed by atoms with Gasteiger partial charge in [-0.25, -0.2) is 9.55 Å². The molecule has 0 amide bonds. The molecule has 6 nitrogen and oxygen atoms in total. The molecule has 0 saturated carbocycles. The van der Waals surface area contributed by atoms with Crippen molar-refractivity contribution in [1.82, 2.24) is 9.55 Å². The van der Waals surface area contributed by atoms with Gasteiger partial charge in [0.1, 0.15) is 12.7 Å². The molecular formula is C11H17N3O3. The molecule has 0 bridgehead atoms. The Bertz CT molecular complexity index is 420. The molecule has 0 atom stereocenters. The fourth-order valence-electron chi connectivity index (χ4n) is 1.34. The smallest absolute Gasteiger partial charge is 0.342 e. The van der Waals surface area contributed by atoms with Crippen LogP contribution in [0.1, 0.15) is 19.7 Å². The predicted molar refractivity (Wildman–Crippen MR) is 63.9 cm³/mol. The van der Waals surface area contributed by atoms with E-state index in [-0.39, 0.29) is 5.82 Å². The van der Waals surface area contributed by atoms with Gasteiger partial charge in [0.15, 0.2) is 5.82 Å². The van der Waals surface area contributed by atoms with E-state index in [1.54, 1.807) is 11.5 Å². The van der Waals surface area contributed by atoms with Crippen LogP contribution < -0.4 is 0 Å². The van der Waals surface area contributed by atoms with E-state index in [4.69, 9.17) is 4.74 Å². The number of hydrogen-bond acceptors (Lipinski definition) is 4. The molecule has 1 heterocycles. The molecule has 0 aliphatic carbocycles. The highest BCUT2D eigenvalue weighted by atomic mass is 16.6. The van der Waals surface area contributed by atoms with Crippen LogP contribution in [0.2, 0.25) is 0 Å². The number of aromatic nitrogens is 2. The molecule has 0 saturated heterocycles. The molecule has 1 aromatic rings. The van der Waals surface area contributed by atoms with Gasteiger partial charge < -0.3 is 14.9 Å². The highest BCUT2D eigenvalue weighted by molar-refractivity contribution is 5.18. The largest absolute Gasteiger partial charge is 0.373 e. The fourth-order valence-corrected chi connectivity index (χ4v) is 1.34. The van der Waals surface area contributed by atoms with Gasteiger partial charge in [-0.2, -0.15) is 0 Å². The molecule has 0 unspecified atom stereocenters. The summed E-state index contributed by atoms with van der Waals surface area (Å²) in [5.74, 6) is 0.635. The van der Waals surface area contributed by atoms with Gasteiger partial charge >= 0.3 is 5.82 Å². The van der Waals surface area contributed by atoms with Crippen molar-refractivity contribution in [2.24, 2.45) is 0 Å². The zero-order chi connectivity index (χ0) is 12.8. The van der Waals surface area contributed by atoms with Crippen molar-refractivity contribution >= 4 is 5.82 Å². The first-order valence-corrected chi connectivity index (χ1v) is 5.40. The Hall–Kier alpha value is -1.69. The maximum Gasteiger partial charge on any atom is 0.342 e. The summed E-state index contributed by atoms with van der Waals surface area (Å²) in [6.45, 7) is 7.13. The van der Waals surface area contributed by atoms with Crippen LogP contribution in [-0.2, 0) is 11.3 Å². The number of nitro groups is 1. The molecule has 0 aliphatic heterocycles. The lowest BCUT2D eigenvalue weighted by molar-refractivity contribution is -0.392. The summed E-state index contributed by atoms with van der Waals surface area (Å²) in [6, 6.07) is 0. The van der Waals surface area contributed by atoms with Crippen LogP contribution in [0.4, 0.5) is 5.82 Å². The summed E-state index contributed by atoms with van der Waals surface area (Å²) in [5.41, 5.74) is 1.19. The van der Waals surface area contributed by atoms with E-state index in [2.05, 4.69) is 4.98 Å². The molecule has 6 heteroatoms. The van der Waals surface area contributed by atoms with Crippen LogP contribution in [0.15, 0.2) is 17.8 Å². The summed E-state index contributed by atoms with van der Waals surface area (Å²) in [5, 5.41) is 10.7. The Kier molecular flexibility index (Phi) is 4.84. The summed E-state index contributed by atoms with van der Waals surface area (Å²) < 4.78 is 6.90. The second-order valence-corrected chi connectivity index (χ2v) is 3.93. The van der Waals surface area contributed by atoms with Crippen molar-refractivity contribution in [3.05, 3.63) is 33.8 Å². The molecule has 1 aromatic heterocycles. The van der Waals surface area contributed by atoms with Crippen LogP contribution in [0, 0.1) is 17.0 Å². The van der Waals surface area contributed by atoms with E-state index in [1.165, 1.54) is 11.8 Å². The number of nitrogens with zero attached hydrogens (tertiary/aromatic N) is 3. The third-order valence-electron chi connectivity index (χ3n) is 2.29. The highest BCUT2D eigenvalue weighted by Gasteiger charge is 2.16. The molecule has 1 rings (SSSR count). The number of hydrogen-bond donors (Lipinski definition) is 0. The molecular weight excluding hydrogens is 222 g/mol. The lowest BCUT2D eigenvalue weighted by atomic mass is 10.3. The minimum atomic E-state index is -0.434. The van der Waals surface area contributed by atoms with Crippen molar-refractivity contribution in [2.45, 2.75) is 27.3 Å². The third-order valence-corrected chi connectivity index (χ3v) is 2.29. The maximum atomic E-state index is 10.7. The number of rotatable bonds is 6. The van der Waals surface area contributed by atoms with Crippen molar-refractivity contribution in [3.63, 3.8) is 0 Å². The maximum absolute atomic E-state index is 10.7. The van der Waals surface area contributed by atoms with Gasteiger partial charge in [0.2, 0.25) is 0 Å². The first kappa shape index (κ1) is 13.4. The van der Waals surface area contributed by atoms with Crippen LogP contribution >= 0.6 is 0 Å². The highest BCUT2D eigenvalue weighted by Crippen LogP contribution is 2.12. The van der Waals surface area contributed by atoms with Gasteiger partial charge in [0, 0.05) is 6.92 Å². The quantitative estimate of drug-likeness (QED) is 0.330. The number of allylic oxidation sites excluding steroid dienone is 1. The van der Waals surface area contributed by atoms with Crippen LogP contribution in [0.5, 0.6) is 0 Å². The van der Waals surface area contributed by atoms with Crippen molar-refractivity contribution in [2.75, 3.05) is 13.2 Å². The summed E-state index contributed by atoms with van der Waals surface area (Å²) in [6.07, 6.45) is 3.24. The van der Waals surface area contributed by atoms with E-state index in [9.17, 15) is 10.1 Å². The molecule has 0 fully saturated rings. The van der Waals surface area contributed by atoms with E-state index < -0.39 is 4.92 Å². The number of ether oxygens (including phenoxy) is 1. The van der Waals surface area contributed by atoms with Crippen LogP contribution in [0.25, 0.3) is 0 Å². The normalized spacial score (nSPS) is 10.3. The van der Waals surface area contributed by atoms with Gasteiger partial charge in [-0.3, -0.25) is 0 Å². The average molecular weight is 239 g/mol. The Morgan fingerprint density at radius 3 is 2.94 bits per heavy atom. The summed E-state index contributed by atoms with van der Waals surface area (Å²) in [7, 11) is 0. The minimum Gasteiger partial charge on any atom is -0.373 e. The molecule has 0 N–H and O–H groups in total. The lowest BCUT2D eigenvalue weighted by Gasteiger charge is -2.03. The SMILES string of the molecule is CC(C)=CCOCCn1c([N+](=O)[O-])cnc1C. The van der Waals surface area contributed by atoms with Crippen molar-refractivity contribution < 1.29 is 9.66 Å². The second-order valence-electron chi connectivity index (χ2n) is 3.93. The Balaban J connectivity index is 2.49. The Morgan fingerprint density at radius 1 is 1.65 bits per heavy atom. The van der Waals surface area contributed by atoms with Crippen molar-refractivity contribution in [3.8, 4) is 0 Å². The lowest BCUT2D eigenvalue weighted by Crippen LogP contribution is -2.10. The Morgan fingerprint density at radius 2 is 2.35 bits per heavy atom. The van der Waals surface area contributed by atoms with Crippen LogP contribution in [-0.4, -0.2) is 27.7 Å². The second kappa shape index (κ2) is 6.15. The van der Waals surface area contributed by atoms with Gasteiger partial charge in [-0.15, -0.1) is 0 Å². The molecule has 17 heavy (non-hydrogen) atoms. The Labute approximate surface area is 100 Å². The van der Waals surface area contributed by atoms with Gasteiger partial charge in [0.05, 0.1) is 13.2 Å². The zero-order valence-electron chi connectivity index (χ0n) is 10.3. The summed E-state index contributed by atoms with van der Waals surface area (Å²) in [4.78, 5) is 14.2. The van der Waals surface area contributed by atoms with Crippen molar-refractivity contribution in [1.29, 1.82) is 0 Å². The molecule has 0 aliphatic rings. The fraction of sp³-hybridized carbons (Fsp3) is 0.545. The van der Waals surface area contributed by atoms with E-state index >= 15 is 0 Å². The minimum absolute atomic E-state index is 0.00770. The first-order valence-electron chi connectivity index (χ1n) is 5.40. The van der Waals surface area contributed by atoms with Gasteiger partial charge in [-0.05, 0) is 18.8 Å². The first-order chi connectivity index (χ1) is 8.02. The third kappa shape index (κ3) is 3.99. The van der Waals surface area contributed by atoms with Gasteiger partial charge in [-0.1, -0.05) is 11.6 Å². The van der Waals surface area contributed by atoms with E-state index in [0.29, 0.717) is 25.6 Å². The molecule has 94 valence electrons.